The Morgan fingerprint density at radius 2 is 1.58 bits per heavy atom. The van der Waals surface area contributed by atoms with Crippen molar-refractivity contribution in [3.05, 3.63) is 50.0 Å². The fourth-order valence-electron chi connectivity index (χ4n) is 2.12. The maximum atomic E-state index is 11.6. The number of rotatable bonds is 1. The molecule has 7 heteroatoms. The monoisotopic (exact) mass is 321 g/mol. The first kappa shape index (κ1) is 11.8. The molecule has 94 valence electrons. The largest absolute Gasteiger partial charge is 0.386 e. The Morgan fingerprint density at radius 3 is 2.16 bits per heavy atom. The molecule has 1 aliphatic rings. The van der Waals surface area contributed by atoms with Gasteiger partial charge < -0.3 is 4.74 Å². The number of non-ortho nitro benzene ring substituents is 1. The Kier molecular flexibility index (Phi) is 2.39. The molecular weight excluding hydrogens is 318 g/mol. The number of hydrogen-bond donors (Lipinski definition) is 0. The SMILES string of the molecule is O=C1OC(=O)c2ccc([N+](=O)[O-])c3c(Br)ccc1c23. The molecule has 0 saturated heterocycles. The standard InChI is InChI=1S/C12H4BrNO5/c13-7-3-1-5-9-6(12(16)19-11(5)15)2-4-8(10(7)9)14(17)18/h1-4H. The van der Waals surface area contributed by atoms with Gasteiger partial charge in [0.15, 0.2) is 0 Å². The maximum absolute atomic E-state index is 11.6. The molecular formula is C12H4BrNO5. The van der Waals surface area contributed by atoms with Crippen LogP contribution in [0.1, 0.15) is 20.7 Å². The molecule has 2 aromatic rings. The summed E-state index contributed by atoms with van der Waals surface area (Å²) in [4.78, 5) is 33.8. The van der Waals surface area contributed by atoms with E-state index < -0.39 is 16.9 Å². The fourth-order valence-corrected chi connectivity index (χ4v) is 2.66. The van der Waals surface area contributed by atoms with Crippen LogP contribution in [0, 0.1) is 10.1 Å². The first-order valence-electron chi connectivity index (χ1n) is 5.17. The summed E-state index contributed by atoms with van der Waals surface area (Å²) < 4.78 is 5.03. The molecule has 6 nitrogen and oxygen atoms in total. The van der Waals surface area contributed by atoms with E-state index in [2.05, 4.69) is 20.7 Å². The van der Waals surface area contributed by atoms with Crippen molar-refractivity contribution in [3.8, 4) is 0 Å². The quantitative estimate of drug-likeness (QED) is 0.349. The number of ether oxygens (including phenoxy) is 1. The highest BCUT2D eigenvalue weighted by molar-refractivity contribution is 9.10. The van der Waals surface area contributed by atoms with Gasteiger partial charge in [0.05, 0.1) is 21.4 Å². The van der Waals surface area contributed by atoms with E-state index in [1.165, 1.54) is 24.3 Å². The second-order valence-corrected chi connectivity index (χ2v) is 4.77. The van der Waals surface area contributed by atoms with E-state index in [1.54, 1.807) is 0 Å². The molecule has 0 fully saturated rings. The molecule has 3 rings (SSSR count). The molecule has 1 aliphatic heterocycles. The van der Waals surface area contributed by atoms with Gasteiger partial charge in [-0.2, -0.15) is 0 Å². The van der Waals surface area contributed by atoms with E-state index in [0.29, 0.717) is 4.47 Å². The highest BCUT2D eigenvalue weighted by Gasteiger charge is 2.31. The molecule has 1 heterocycles. The highest BCUT2D eigenvalue weighted by atomic mass is 79.9. The number of hydrogen-bond acceptors (Lipinski definition) is 5. The minimum absolute atomic E-state index is 0.150. The number of cyclic esters (lactones) is 2. The first-order valence-corrected chi connectivity index (χ1v) is 5.96. The van der Waals surface area contributed by atoms with Gasteiger partial charge in [-0.1, -0.05) is 0 Å². The molecule has 2 aromatic carbocycles. The Labute approximate surface area is 114 Å². The van der Waals surface area contributed by atoms with Crippen molar-refractivity contribution < 1.29 is 19.2 Å². The van der Waals surface area contributed by atoms with Crippen LogP contribution in [0.15, 0.2) is 28.7 Å². The van der Waals surface area contributed by atoms with Crippen molar-refractivity contribution >= 4 is 44.3 Å². The maximum Gasteiger partial charge on any atom is 0.346 e. The van der Waals surface area contributed by atoms with Crippen LogP contribution in [-0.4, -0.2) is 16.9 Å². The summed E-state index contributed by atoms with van der Waals surface area (Å²) in [5.41, 5.74) is 0.128. The topological polar surface area (TPSA) is 86.5 Å². The van der Waals surface area contributed by atoms with Crippen molar-refractivity contribution in [3.63, 3.8) is 0 Å². The molecule has 0 atom stereocenters. The average molecular weight is 322 g/mol. The van der Waals surface area contributed by atoms with Gasteiger partial charge in [-0.25, -0.2) is 9.59 Å². The first-order chi connectivity index (χ1) is 9.00. The molecule has 0 unspecified atom stereocenters. The number of nitrogens with zero attached hydrogens (tertiary/aromatic N) is 1. The zero-order valence-corrected chi connectivity index (χ0v) is 10.8. The van der Waals surface area contributed by atoms with Crippen LogP contribution in [0.4, 0.5) is 5.69 Å². The lowest BCUT2D eigenvalue weighted by Crippen LogP contribution is -2.19. The Hall–Kier alpha value is -2.28. The lowest BCUT2D eigenvalue weighted by atomic mass is 9.96. The van der Waals surface area contributed by atoms with Crippen LogP contribution in [-0.2, 0) is 4.74 Å². The summed E-state index contributed by atoms with van der Waals surface area (Å²) in [6.45, 7) is 0. The molecule has 0 aliphatic carbocycles. The average Bonchev–Trinajstić information content (AvgIpc) is 2.36. The molecule has 0 spiro atoms. The number of halogens is 1. The summed E-state index contributed by atoms with van der Waals surface area (Å²) >= 11 is 3.21. The second kappa shape index (κ2) is 3.86. The van der Waals surface area contributed by atoms with Crippen molar-refractivity contribution in [2.75, 3.05) is 0 Å². The Balaban J connectivity index is 2.58. The lowest BCUT2D eigenvalue weighted by Gasteiger charge is -2.15. The Bertz CT molecular complexity index is 763. The summed E-state index contributed by atoms with van der Waals surface area (Å²) in [6, 6.07) is 5.51. The van der Waals surface area contributed by atoms with Gasteiger partial charge in [-0.3, -0.25) is 10.1 Å². The lowest BCUT2D eigenvalue weighted by molar-refractivity contribution is -0.383. The van der Waals surface area contributed by atoms with Gasteiger partial charge in [-0.05, 0) is 34.1 Å². The third-order valence-electron chi connectivity index (χ3n) is 2.91. The predicted molar refractivity (Wildman–Crippen MR) is 68.0 cm³/mol. The van der Waals surface area contributed by atoms with Gasteiger partial charge in [0.2, 0.25) is 0 Å². The van der Waals surface area contributed by atoms with E-state index in [9.17, 15) is 19.7 Å². The minimum atomic E-state index is -0.796. The van der Waals surface area contributed by atoms with Crippen LogP contribution < -0.4 is 0 Å². The molecule has 0 amide bonds. The summed E-state index contributed by atoms with van der Waals surface area (Å²) in [5, 5.41) is 11.5. The summed E-state index contributed by atoms with van der Waals surface area (Å²) in [5.74, 6) is -1.59. The zero-order chi connectivity index (χ0) is 13.7. The van der Waals surface area contributed by atoms with Crippen LogP contribution in [0.25, 0.3) is 10.8 Å². The summed E-state index contributed by atoms with van der Waals surface area (Å²) in [6.07, 6.45) is 0. The predicted octanol–water partition coefficient (Wildman–Crippen LogP) is 2.82. The van der Waals surface area contributed by atoms with E-state index >= 15 is 0 Å². The molecule has 0 saturated carbocycles. The third kappa shape index (κ3) is 1.55. The van der Waals surface area contributed by atoms with Crippen molar-refractivity contribution in [1.29, 1.82) is 0 Å². The molecule has 0 bridgehead atoms. The Morgan fingerprint density at radius 1 is 1.00 bits per heavy atom. The fraction of sp³-hybridized carbons (Fsp3) is 0. The van der Waals surface area contributed by atoms with E-state index in [4.69, 9.17) is 0 Å². The normalized spacial score (nSPS) is 13.5. The molecule has 0 aromatic heterocycles. The number of carbonyl (C=O) groups is 2. The van der Waals surface area contributed by atoms with E-state index in [1.807, 2.05) is 0 Å². The summed E-state index contributed by atoms with van der Waals surface area (Å²) in [7, 11) is 0. The van der Waals surface area contributed by atoms with Crippen LogP contribution in [0.3, 0.4) is 0 Å². The van der Waals surface area contributed by atoms with Crippen LogP contribution in [0.2, 0.25) is 0 Å². The number of carbonyl (C=O) groups excluding carboxylic acids is 2. The van der Waals surface area contributed by atoms with Crippen molar-refractivity contribution in [1.82, 2.24) is 0 Å². The molecule has 0 radical (unpaired) electrons. The smallest absolute Gasteiger partial charge is 0.346 e. The van der Waals surface area contributed by atoms with Gasteiger partial charge in [-0.15, -0.1) is 0 Å². The van der Waals surface area contributed by atoms with E-state index in [-0.39, 0.29) is 27.6 Å². The van der Waals surface area contributed by atoms with Gasteiger partial charge >= 0.3 is 11.9 Å². The zero-order valence-electron chi connectivity index (χ0n) is 9.18. The van der Waals surface area contributed by atoms with Crippen molar-refractivity contribution in [2.45, 2.75) is 0 Å². The number of nitro benzene ring substituents is 1. The minimum Gasteiger partial charge on any atom is -0.386 e. The van der Waals surface area contributed by atoms with Crippen LogP contribution in [0.5, 0.6) is 0 Å². The van der Waals surface area contributed by atoms with Gasteiger partial charge in [0.1, 0.15) is 0 Å². The third-order valence-corrected chi connectivity index (χ3v) is 3.57. The second-order valence-electron chi connectivity index (χ2n) is 3.91. The molecule has 19 heavy (non-hydrogen) atoms. The molecule has 0 N–H and O–H groups in total. The van der Waals surface area contributed by atoms with Gasteiger partial charge in [0.25, 0.3) is 5.69 Å². The van der Waals surface area contributed by atoms with E-state index in [0.717, 1.165) is 0 Å². The number of benzene rings is 2. The van der Waals surface area contributed by atoms with Gasteiger partial charge in [0, 0.05) is 15.9 Å². The highest BCUT2D eigenvalue weighted by Crippen LogP contribution is 2.38. The van der Waals surface area contributed by atoms with Crippen LogP contribution >= 0.6 is 15.9 Å². The number of nitro groups is 1. The number of esters is 2. The van der Waals surface area contributed by atoms with Crippen molar-refractivity contribution in [2.24, 2.45) is 0 Å².